The van der Waals surface area contributed by atoms with Crippen molar-refractivity contribution >= 4 is 28.5 Å². The summed E-state index contributed by atoms with van der Waals surface area (Å²) < 4.78 is 6.37. The smallest absolute Gasteiger partial charge is 0.151 e. The predicted octanol–water partition coefficient (Wildman–Crippen LogP) is 4.90. The van der Waals surface area contributed by atoms with Gasteiger partial charge in [-0.05, 0) is 23.1 Å². The molecule has 0 bridgehead atoms. The Kier molecular flexibility index (Phi) is 5.86. The zero-order valence-electron chi connectivity index (χ0n) is 13.1. The second-order valence-corrected chi connectivity index (χ2v) is 19.3. The van der Waals surface area contributed by atoms with Crippen LogP contribution in [0.25, 0.3) is 0 Å². The molecule has 4 heteroatoms. The Bertz CT molecular complexity index is 413. The van der Waals surface area contributed by atoms with E-state index in [0.717, 1.165) is 17.0 Å². The van der Waals surface area contributed by atoms with Gasteiger partial charge in [0.25, 0.3) is 0 Å². The highest BCUT2D eigenvalue weighted by atomic mass is 35.5. The summed E-state index contributed by atoms with van der Waals surface area (Å²) >= 11 is 6.28. The molecule has 1 nitrogen and oxygen atoms in total. The number of hydrogen-bond donors (Lipinski definition) is 0. The molecule has 108 valence electrons. The SMILES string of the molecule is CC[C@@H](O[SiH2][Si](C)(C)C(C)(C)C)c1ccccc1Cl. The third-order valence-electron chi connectivity index (χ3n) is 4.30. The summed E-state index contributed by atoms with van der Waals surface area (Å²) in [6.07, 6.45) is 1.17. The van der Waals surface area contributed by atoms with Gasteiger partial charge in [-0.3, -0.25) is 0 Å². The van der Waals surface area contributed by atoms with E-state index in [9.17, 15) is 0 Å². The van der Waals surface area contributed by atoms with Gasteiger partial charge in [-0.15, -0.1) is 0 Å². The Hall–Kier alpha value is -0.0962. The van der Waals surface area contributed by atoms with Gasteiger partial charge in [0.2, 0.25) is 0 Å². The van der Waals surface area contributed by atoms with Crippen LogP contribution in [0, 0.1) is 0 Å². The molecule has 0 radical (unpaired) electrons. The first-order valence-corrected chi connectivity index (χ1v) is 13.3. The largest absolute Gasteiger partial charge is 0.420 e. The molecule has 0 saturated heterocycles. The van der Waals surface area contributed by atoms with Gasteiger partial charge in [0, 0.05) is 5.02 Å². The first-order valence-electron chi connectivity index (χ1n) is 7.05. The molecule has 0 aliphatic rings. The van der Waals surface area contributed by atoms with Crippen LogP contribution in [0.2, 0.25) is 23.2 Å². The molecule has 1 rings (SSSR count). The lowest BCUT2D eigenvalue weighted by Crippen LogP contribution is -2.45. The van der Waals surface area contributed by atoms with Crippen molar-refractivity contribution in [2.75, 3.05) is 0 Å². The highest BCUT2D eigenvalue weighted by Gasteiger charge is 2.36. The minimum absolute atomic E-state index is 0.175. The van der Waals surface area contributed by atoms with E-state index in [4.69, 9.17) is 16.0 Å². The highest BCUT2D eigenvalue weighted by Crippen LogP contribution is 2.36. The summed E-state index contributed by atoms with van der Waals surface area (Å²) in [5.41, 5.74) is 1.15. The maximum absolute atomic E-state index is 6.37. The van der Waals surface area contributed by atoms with Crippen LogP contribution in [-0.2, 0) is 4.43 Å². The van der Waals surface area contributed by atoms with E-state index in [2.05, 4.69) is 46.9 Å². The van der Waals surface area contributed by atoms with Crippen molar-refractivity contribution in [3.05, 3.63) is 34.9 Å². The van der Waals surface area contributed by atoms with Crippen molar-refractivity contribution in [2.45, 2.75) is 58.4 Å². The van der Waals surface area contributed by atoms with Gasteiger partial charge in [-0.25, -0.2) is 0 Å². The van der Waals surface area contributed by atoms with Crippen molar-refractivity contribution < 1.29 is 4.43 Å². The average Bonchev–Trinajstić information content (AvgIpc) is 2.30. The van der Waals surface area contributed by atoms with E-state index >= 15 is 0 Å². The fourth-order valence-electron chi connectivity index (χ4n) is 1.69. The fourth-order valence-corrected chi connectivity index (χ4v) is 6.57. The van der Waals surface area contributed by atoms with E-state index in [-0.39, 0.29) is 6.10 Å². The summed E-state index contributed by atoms with van der Waals surface area (Å²) in [5, 5.41) is 1.25. The summed E-state index contributed by atoms with van der Waals surface area (Å²) in [6, 6.07) is 8.07. The monoisotopic (exact) mass is 314 g/mol. The molecule has 1 aromatic carbocycles. The van der Waals surface area contributed by atoms with Gasteiger partial charge in [0.05, 0.1) is 13.7 Å². The number of halogens is 1. The topological polar surface area (TPSA) is 9.23 Å². The molecular formula is C15H27ClOSi2. The van der Waals surface area contributed by atoms with E-state index in [0.29, 0.717) is 5.04 Å². The van der Waals surface area contributed by atoms with Crippen molar-refractivity contribution in [2.24, 2.45) is 0 Å². The van der Waals surface area contributed by atoms with Crippen molar-refractivity contribution in [1.29, 1.82) is 0 Å². The fraction of sp³-hybridized carbons (Fsp3) is 0.600. The molecule has 0 aliphatic carbocycles. The van der Waals surface area contributed by atoms with Gasteiger partial charge in [-0.1, -0.05) is 70.6 Å². The van der Waals surface area contributed by atoms with Crippen LogP contribution in [0.4, 0.5) is 0 Å². The minimum atomic E-state index is -1.26. The van der Waals surface area contributed by atoms with E-state index in [1.807, 2.05) is 18.2 Å². The first kappa shape index (κ1) is 17.0. The third kappa shape index (κ3) is 4.45. The Morgan fingerprint density at radius 3 is 2.32 bits per heavy atom. The number of rotatable bonds is 5. The van der Waals surface area contributed by atoms with E-state index in [1.54, 1.807) is 0 Å². The molecule has 0 fully saturated rings. The van der Waals surface area contributed by atoms with Gasteiger partial charge < -0.3 is 4.43 Å². The first-order chi connectivity index (χ1) is 8.69. The molecule has 0 spiro atoms. The lowest BCUT2D eigenvalue weighted by Gasteiger charge is -2.37. The molecule has 1 atom stereocenters. The van der Waals surface area contributed by atoms with Crippen LogP contribution in [0.15, 0.2) is 24.3 Å². The molecule has 0 aromatic heterocycles. The van der Waals surface area contributed by atoms with Crippen LogP contribution >= 0.6 is 11.6 Å². The van der Waals surface area contributed by atoms with Gasteiger partial charge in [0.1, 0.15) is 0 Å². The molecule has 0 heterocycles. The summed E-state index contributed by atoms with van der Waals surface area (Å²) in [4.78, 5) is 0. The maximum atomic E-state index is 6.37. The van der Waals surface area contributed by atoms with Crippen LogP contribution < -0.4 is 0 Å². The predicted molar refractivity (Wildman–Crippen MR) is 91.3 cm³/mol. The average molecular weight is 315 g/mol. The molecule has 0 N–H and O–H groups in total. The lowest BCUT2D eigenvalue weighted by molar-refractivity contribution is 0.217. The highest BCUT2D eigenvalue weighted by molar-refractivity contribution is 7.22. The van der Waals surface area contributed by atoms with Crippen molar-refractivity contribution in [3.63, 3.8) is 0 Å². The summed E-state index contributed by atoms with van der Waals surface area (Å²) in [7, 11) is -1.76. The normalized spacial score (nSPS) is 15.1. The maximum Gasteiger partial charge on any atom is 0.151 e. The van der Waals surface area contributed by atoms with Crippen molar-refractivity contribution in [1.82, 2.24) is 0 Å². The lowest BCUT2D eigenvalue weighted by atomic mass is 10.1. The van der Waals surface area contributed by atoms with Crippen molar-refractivity contribution in [3.8, 4) is 0 Å². The van der Waals surface area contributed by atoms with Crippen LogP contribution in [0.5, 0.6) is 0 Å². The van der Waals surface area contributed by atoms with Gasteiger partial charge in [-0.2, -0.15) is 0 Å². The molecule has 0 amide bonds. The Balaban J connectivity index is 2.77. The molecule has 19 heavy (non-hydrogen) atoms. The molecule has 0 unspecified atom stereocenters. The van der Waals surface area contributed by atoms with E-state index < -0.39 is 16.9 Å². The second-order valence-electron chi connectivity index (χ2n) is 6.86. The number of benzene rings is 1. The quantitative estimate of drug-likeness (QED) is 0.703. The molecular weight excluding hydrogens is 288 g/mol. The Morgan fingerprint density at radius 2 is 1.84 bits per heavy atom. The Labute approximate surface area is 126 Å². The molecule has 0 aliphatic heterocycles. The van der Waals surface area contributed by atoms with Crippen LogP contribution in [0.1, 0.15) is 45.8 Å². The molecule has 0 saturated carbocycles. The number of hydrogen-bond acceptors (Lipinski definition) is 1. The zero-order chi connectivity index (χ0) is 14.7. The zero-order valence-corrected chi connectivity index (χ0v) is 16.3. The van der Waals surface area contributed by atoms with Crippen LogP contribution in [0.3, 0.4) is 0 Å². The Morgan fingerprint density at radius 1 is 1.26 bits per heavy atom. The standard InChI is InChI=1S/C15H27ClOSi2/c1-7-14(12-10-8-9-11-13(12)16)17-18-19(5,6)15(2,3)4/h8-11,14H,7,18H2,1-6H3/t14-/m1/s1. The van der Waals surface area contributed by atoms with E-state index in [1.165, 1.54) is 0 Å². The summed E-state index contributed by atoms with van der Waals surface area (Å²) in [5.74, 6) is 0. The second kappa shape index (κ2) is 6.57. The third-order valence-corrected chi connectivity index (χ3v) is 15.8. The van der Waals surface area contributed by atoms with Gasteiger partial charge >= 0.3 is 0 Å². The van der Waals surface area contributed by atoms with Gasteiger partial charge in [0.15, 0.2) is 9.28 Å². The van der Waals surface area contributed by atoms with Crippen LogP contribution in [-0.4, -0.2) is 16.9 Å². The summed E-state index contributed by atoms with van der Waals surface area (Å²) in [6.45, 7) is 14.1. The molecule has 1 aromatic rings. The minimum Gasteiger partial charge on any atom is -0.420 e.